The fourth-order valence-corrected chi connectivity index (χ4v) is 3.88. The number of anilines is 1. The fourth-order valence-electron chi connectivity index (χ4n) is 3.67. The number of pyridine rings is 1. The average Bonchev–Trinajstić information content (AvgIpc) is 2.65. The van der Waals surface area contributed by atoms with Crippen LogP contribution >= 0.6 is 11.6 Å². The Labute approximate surface area is 173 Å². The SMILES string of the molecule is Cc1cc2c(NC(=O)N[C@@H]3CC(C)(C)Oc4c3ccc(F)c4Cl)cccc2cn1. The number of carbonyl (C=O) groups is 1. The van der Waals surface area contributed by atoms with Gasteiger partial charge in [-0.1, -0.05) is 29.8 Å². The zero-order valence-electron chi connectivity index (χ0n) is 16.3. The number of aromatic nitrogens is 1. The summed E-state index contributed by atoms with van der Waals surface area (Å²) in [5.74, 6) is -0.272. The molecule has 0 spiro atoms. The predicted molar refractivity (Wildman–Crippen MR) is 112 cm³/mol. The first-order chi connectivity index (χ1) is 13.7. The van der Waals surface area contributed by atoms with E-state index in [0.29, 0.717) is 17.7 Å². The van der Waals surface area contributed by atoms with Crippen LogP contribution in [0.3, 0.4) is 0 Å². The number of rotatable bonds is 2. The first-order valence-electron chi connectivity index (χ1n) is 9.33. The van der Waals surface area contributed by atoms with Crippen molar-refractivity contribution >= 4 is 34.1 Å². The highest BCUT2D eigenvalue weighted by molar-refractivity contribution is 6.32. The van der Waals surface area contributed by atoms with Gasteiger partial charge in [-0.15, -0.1) is 0 Å². The molecule has 29 heavy (non-hydrogen) atoms. The number of nitrogens with one attached hydrogen (secondary N) is 2. The zero-order chi connectivity index (χ0) is 20.8. The van der Waals surface area contributed by atoms with E-state index in [1.807, 2.05) is 45.0 Å². The summed E-state index contributed by atoms with van der Waals surface area (Å²) in [7, 11) is 0. The lowest BCUT2D eigenvalue weighted by Crippen LogP contribution is -2.42. The summed E-state index contributed by atoms with van der Waals surface area (Å²) in [6.07, 6.45) is 2.30. The fraction of sp³-hybridized carbons (Fsp3) is 0.273. The summed E-state index contributed by atoms with van der Waals surface area (Å²) >= 11 is 6.12. The summed E-state index contributed by atoms with van der Waals surface area (Å²) < 4.78 is 19.8. The van der Waals surface area contributed by atoms with Gasteiger partial charge in [-0.25, -0.2) is 9.18 Å². The maximum atomic E-state index is 13.9. The maximum absolute atomic E-state index is 13.9. The van der Waals surface area contributed by atoms with E-state index in [4.69, 9.17) is 16.3 Å². The quantitative estimate of drug-likeness (QED) is 0.561. The summed E-state index contributed by atoms with van der Waals surface area (Å²) in [5.41, 5.74) is 1.60. The van der Waals surface area contributed by atoms with Crippen LogP contribution in [0.25, 0.3) is 10.8 Å². The Morgan fingerprint density at radius 2 is 2.10 bits per heavy atom. The van der Waals surface area contributed by atoms with Crippen LogP contribution in [0.5, 0.6) is 5.75 Å². The van der Waals surface area contributed by atoms with E-state index in [1.165, 1.54) is 6.07 Å². The Bertz CT molecular complexity index is 1120. The molecule has 0 radical (unpaired) electrons. The number of hydrogen-bond acceptors (Lipinski definition) is 3. The lowest BCUT2D eigenvalue weighted by Gasteiger charge is -2.38. The third-order valence-corrected chi connectivity index (χ3v) is 5.34. The van der Waals surface area contributed by atoms with Gasteiger partial charge < -0.3 is 15.4 Å². The first-order valence-corrected chi connectivity index (χ1v) is 9.71. The van der Waals surface area contributed by atoms with Gasteiger partial charge in [0.25, 0.3) is 0 Å². The number of nitrogens with zero attached hydrogens (tertiary/aromatic N) is 1. The second-order valence-electron chi connectivity index (χ2n) is 7.85. The standard InChI is InChI=1S/C22H21ClFN3O2/c1-12-9-15-13(11-25-12)5-4-6-17(15)26-21(28)27-18-10-22(2,3)29-20-14(18)7-8-16(24)19(20)23/h4-9,11,18H,10H2,1-3H3,(H2,26,27,28)/t18-/m1/s1. The molecule has 1 aliphatic rings. The van der Waals surface area contributed by atoms with Crippen LogP contribution in [0, 0.1) is 12.7 Å². The highest BCUT2D eigenvalue weighted by Gasteiger charge is 2.36. The van der Waals surface area contributed by atoms with Crippen LogP contribution < -0.4 is 15.4 Å². The molecule has 1 aromatic heterocycles. The molecule has 150 valence electrons. The second-order valence-corrected chi connectivity index (χ2v) is 8.23. The zero-order valence-corrected chi connectivity index (χ0v) is 17.1. The van der Waals surface area contributed by atoms with Gasteiger partial charge in [0.1, 0.15) is 22.2 Å². The van der Waals surface area contributed by atoms with Crippen LogP contribution in [0.15, 0.2) is 42.6 Å². The second kappa shape index (κ2) is 7.19. The molecule has 4 rings (SSSR count). The Hall–Kier alpha value is -2.86. The normalized spacial score (nSPS) is 17.3. The molecule has 1 aliphatic heterocycles. The third kappa shape index (κ3) is 3.85. The van der Waals surface area contributed by atoms with Gasteiger partial charge in [0.2, 0.25) is 0 Å². The van der Waals surface area contributed by atoms with Crippen molar-refractivity contribution < 1.29 is 13.9 Å². The summed E-state index contributed by atoms with van der Waals surface area (Å²) in [5, 5.41) is 7.67. The molecule has 2 amide bonds. The number of halogens is 2. The first kappa shape index (κ1) is 19.5. The number of hydrogen-bond donors (Lipinski definition) is 2. The van der Waals surface area contributed by atoms with E-state index in [9.17, 15) is 9.18 Å². The van der Waals surface area contributed by atoms with Gasteiger partial charge in [0, 0.05) is 34.6 Å². The summed E-state index contributed by atoms with van der Waals surface area (Å²) in [6, 6.07) is 9.74. The number of urea groups is 1. The highest BCUT2D eigenvalue weighted by atomic mass is 35.5. The molecular weight excluding hydrogens is 393 g/mol. The smallest absolute Gasteiger partial charge is 0.319 e. The predicted octanol–water partition coefficient (Wildman–Crippen LogP) is 5.76. The third-order valence-electron chi connectivity index (χ3n) is 4.98. The van der Waals surface area contributed by atoms with E-state index >= 15 is 0 Å². The molecule has 0 saturated carbocycles. The van der Waals surface area contributed by atoms with Gasteiger partial charge in [-0.2, -0.15) is 0 Å². The van der Waals surface area contributed by atoms with Gasteiger partial charge >= 0.3 is 6.03 Å². The minimum Gasteiger partial charge on any atom is -0.486 e. The lowest BCUT2D eigenvalue weighted by molar-refractivity contribution is 0.0679. The Morgan fingerprint density at radius 1 is 1.31 bits per heavy atom. The van der Waals surface area contributed by atoms with Crippen molar-refractivity contribution in [1.29, 1.82) is 0 Å². The van der Waals surface area contributed by atoms with Crippen LogP contribution in [-0.4, -0.2) is 16.6 Å². The molecule has 2 heterocycles. The number of ether oxygens (including phenoxy) is 1. The van der Waals surface area contributed by atoms with Crippen molar-refractivity contribution in [1.82, 2.24) is 10.3 Å². The number of carbonyl (C=O) groups excluding carboxylic acids is 1. The molecule has 2 aromatic carbocycles. The van der Waals surface area contributed by atoms with E-state index in [1.54, 1.807) is 12.3 Å². The van der Waals surface area contributed by atoms with Crippen LogP contribution in [0.4, 0.5) is 14.9 Å². The van der Waals surface area contributed by atoms with Crippen LogP contribution in [-0.2, 0) is 0 Å². The van der Waals surface area contributed by atoms with Crippen molar-refractivity contribution in [2.45, 2.75) is 38.8 Å². The molecule has 0 aliphatic carbocycles. The van der Waals surface area contributed by atoms with Gasteiger partial charge in [-0.05, 0) is 39.0 Å². The van der Waals surface area contributed by atoms with E-state index in [0.717, 1.165) is 16.5 Å². The Morgan fingerprint density at radius 3 is 2.90 bits per heavy atom. The molecule has 7 heteroatoms. The largest absolute Gasteiger partial charge is 0.486 e. The number of benzene rings is 2. The van der Waals surface area contributed by atoms with Gasteiger partial charge in [-0.3, -0.25) is 4.98 Å². The van der Waals surface area contributed by atoms with Crippen molar-refractivity contribution in [3.63, 3.8) is 0 Å². The highest BCUT2D eigenvalue weighted by Crippen LogP contribution is 2.44. The van der Waals surface area contributed by atoms with E-state index in [-0.39, 0.29) is 22.8 Å². The van der Waals surface area contributed by atoms with Crippen LogP contribution in [0.2, 0.25) is 5.02 Å². The number of aryl methyl sites for hydroxylation is 1. The molecule has 0 saturated heterocycles. The number of fused-ring (bicyclic) bond motifs is 2. The Kier molecular flexibility index (Phi) is 4.82. The molecule has 2 N–H and O–H groups in total. The molecule has 0 bridgehead atoms. The summed E-state index contributed by atoms with van der Waals surface area (Å²) in [4.78, 5) is 17.1. The topological polar surface area (TPSA) is 63.2 Å². The molecular formula is C22H21ClFN3O2. The molecule has 3 aromatic rings. The number of amides is 2. The van der Waals surface area contributed by atoms with Gasteiger partial charge in [0.05, 0.1) is 11.7 Å². The minimum absolute atomic E-state index is 0.0699. The van der Waals surface area contributed by atoms with Crippen molar-refractivity contribution in [2.75, 3.05) is 5.32 Å². The molecule has 1 atom stereocenters. The molecule has 0 unspecified atom stereocenters. The van der Waals surface area contributed by atoms with Gasteiger partial charge in [0.15, 0.2) is 0 Å². The monoisotopic (exact) mass is 413 g/mol. The molecule has 0 fully saturated rings. The van der Waals surface area contributed by atoms with E-state index < -0.39 is 11.4 Å². The van der Waals surface area contributed by atoms with Crippen LogP contribution in [0.1, 0.15) is 37.6 Å². The minimum atomic E-state index is -0.607. The van der Waals surface area contributed by atoms with E-state index in [2.05, 4.69) is 15.6 Å². The summed E-state index contributed by atoms with van der Waals surface area (Å²) in [6.45, 7) is 5.66. The lowest BCUT2D eigenvalue weighted by atomic mass is 9.89. The maximum Gasteiger partial charge on any atom is 0.319 e. The average molecular weight is 414 g/mol. The van der Waals surface area contributed by atoms with Crippen molar-refractivity contribution in [3.05, 3.63) is 64.7 Å². The van der Waals surface area contributed by atoms with Crippen molar-refractivity contribution in [3.8, 4) is 5.75 Å². The molecule has 5 nitrogen and oxygen atoms in total. The Balaban J connectivity index is 1.61. The van der Waals surface area contributed by atoms with Crippen molar-refractivity contribution in [2.24, 2.45) is 0 Å².